The zero-order valence-electron chi connectivity index (χ0n) is 13.2. The molecular weight excluding hydrogens is 328 g/mol. The summed E-state index contributed by atoms with van der Waals surface area (Å²) in [6.07, 6.45) is 6.55. The van der Waals surface area contributed by atoms with E-state index in [-0.39, 0.29) is 17.7 Å². The number of likely N-dealkylation sites (tertiary alicyclic amines) is 1. The van der Waals surface area contributed by atoms with Crippen LogP contribution in [0.15, 0.2) is 35.9 Å². The van der Waals surface area contributed by atoms with Gasteiger partial charge in [-0.25, -0.2) is 0 Å². The number of nitrogens with zero attached hydrogens (tertiary/aromatic N) is 1. The molecule has 3 rings (SSSR count). The fourth-order valence-corrected chi connectivity index (χ4v) is 3.11. The normalized spacial score (nSPS) is 18.0. The summed E-state index contributed by atoms with van der Waals surface area (Å²) in [4.78, 5) is 25.2. The Balaban J connectivity index is 1.62. The van der Waals surface area contributed by atoms with E-state index in [2.05, 4.69) is 0 Å². The van der Waals surface area contributed by atoms with Gasteiger partial charge in [-0.1, -0.05) is 17.7 Å². The fraction of sp³-hybridized carbons (Fsp3) is 0.333. The summed E-state index contributed by atoms with van der Waals surface area (Å²) < 4.78 is 5.65. The van der Waals surface area contributed by atoms with Crippen molar-refractivity contribution < 1.29 is 14.3 Å². The number of piperidine rings is 1. The van der Waals surface area contributed by atoms with Crippen LogP contribution in [0.4, 0.5) is 0 Å². The standard InChI is InChI=1S/C18H19ClN2O3/c19-15-2-3-16-14(10-15)9-12(11-24-16)1-4-17(22)21-7-5-13(6-8-21)18(20)23/h1-4,9-10,13H,5-8,11H2,(H2,20,23)/b4-1-. The highest BCUT2D eigenvalue weighted by atomic mass is 35.5. The molecule has 0 aliphatic carbocycles. The molecule has 0 spiro atoms. The molecule has 24 heavy (non-hydrogen) atoms. The molecule has 6 heteroatoms. The van der Waals surface area contributed by atoms with Crippen LogP contribution >= 0.6 is 11.6 Å². The van der Waals surface area contributed by atoms with E-state index >= 15 is 0 Å². The first kappa shape index (κ1) is 16.6. The van der Waals surface area contributed by atoms with E-state index in [1.54, 1.807) is 23.1 Å². The van der Waals surface area contributed by atoms with Crippen molar-refractivity contribution in [3.05, 3.63) is 46.5 Å². The van der Waals surface area contributed by atoms with Gasteiger partial charge in [0.1, 0.15) is 12.4 Å². The Morgan fingerprint density at radius 2 is 2.04 bits per heavy atom. The third-order valence-corrected chi connectivity index (χ3v) is 4.59. The number of nitrogens with two attached hydrogens (primary N) is 1. The summed E-state index contributed by atoms with van der Waals surface area (Å²) in [5, 5.41) is 0.646. The van der Waals surface area contributed by atoms with Crippen molar-refractivity contribution in [2.45, 2.75) is 12.8 Å². The minimum absolute atomic E-state index is 0.0595. The van der Waals surface area contributed by atoms with E-state index in [0.717, 1.165) is 16.9 Å². The number of amides is 2. The van der Waals surface area contributed by atoms with Gasteiger partial charge in [0.2, 0.25) is 11.8 Å². The molecule has 0 atom stereocenters. The number of halogens is 1. The lowest BCUT2D eigenvalue weighted by Crippen LogP contribution is -2.41. The minimum Gasteiger partial charge on any atom is -0.488 e. The highest BCUT2D eigenvalue weighted by Gasteiger charge is 2.24. The second-order valence-corrected chi connectivity index (χ2v) is 6.46. The lowest BCUT2D eigenvalue weighted by Gasteiger charge is -2.29. The van der Waals surface area contributed by atoms with Crippen LogP contribution in [0.3, 0.4) is 0 Å². The Kier molecular flexibility index (Phi) is 4.90. The van der Waals surface area contributed by atoms with Gasteiger partial charge in [0.05, 0.1) is 0 Å². The second kappa shape index (κ2) is 7.09. The Morgan fingerprint density at radius 3 is 2.75 bits per heavy atom. The van der Waals surface area contributed by atoms with Crippen molar-refractivity contribution in [3.8, 4) is 5.75 Å². The highest BCUT2D eigenvalue weighted by Crippen LogP contribution is 2.29. The van der Waals surface area contributed by atoms with Crippen molar-refractivity contribution in [1.29, 1.82) is 0 Å². The molecule has 2 aliphatic heterocycles. The molecule has 2 aliphatic rings. The zero-order chi connectivity index (χ0) is 17.1. The molecule has 1 aromatic carbocycles. The van der Waals surface area contributed by atoms with E-state index in [1.807, 2.05) is 18.2 Å². The van der Waals surface area contributed by atoms with Crippen LogP contribution in [0.25, 0.3) is 6.08 Å². The summed E-state index contributed by atoms with van der Waals surface area (Å²) in [5.41, 5.74) is 7.12. The number of hydrogen-bond acceptors (Lipinski definition) is 3. The predicted octanol–water partition coefficient (Wildman–Crippen LogP) is 2.40. The average molecular weight is 347 g/mol. The summed E-state index contributed by atoms with van der Waals surface area (Å²) in [7, 11) is 0. The van der Waals surface area contributed by atoms with Crippen LogP contribution in [-0.4, -0.2) is 36.4 Å². The molecule has 0 saturated carbocycles. The Morgan fingerprint density at radius 1 is 1.29 bits per heavy atom. The summed E-state index contributed by atoms with van der Waals surface area (Å²) in [5.74, 6) is 0.334. The first-order valence-electron chi connectivity index (χ1n) is 7.92. The van der Waals surface area contributed by atoms with Crippen LogP contribution in [-0.2, 0) is 9.59 Å². The number of rotatable bonds is 3. The number of fused-ring (bicyclic) bond motifs is 1. The highest BCUT2D eigenvalue weighted by molar-refractivity contribution is 6.30. The Labute approximate surface area is 145 Å². The van der Waals surface area contributed by atoms with Crippen LogP contribution in [0.5, 0.6) is 5.75 Å². The minimum atomic E-state index is -0.278. The summed E-state index contributed by atoms with van der Waals surface area (Å²) in [6.45, 7) is 1.54. The Bertz CT molecular complexity index is 719. The maximum Gasteiger partial charge on any atom is 0.246 e. The van der Waals surface area contributed by atoms with E-state index in [1.165, 1.54) is 0 Å². The van der Waals surface area contributed by atoms with Crippen LogP contribution in [0.2, 0.25) is 5.02 Å². The molecule has 5 nitrogen and oxygen atoms in total. The van der Waals surface area contributed by atoms with Crippen LogP contribution in [0.1, 0.15) is 18.4 Å². The van der Waals surface area contributed by atoms with E-state index in [0.29, 0.717) is 37.6 Å². The molecule has 0 radical (unpaired) electrons. The second-order valence-electron chi connectivity index (χ2n) is 6.03. The molecule has 0 aromatic heterocycles. The third kappa shape index (κ3) is 3.79. The van der Waals surface area contributed by atoms with Gasteiger partial charge in [-0.15, -0.1) is 0 Å². The number of carbonyl (C=O) groups excluding carboxylic acids is 2. The lowest BCUT2D eigenvalue weighted by atomic mass is 9.96. The largest absolute Gasteiger partial charge is 0.488 e. The maximum absolute atomic E-state index is 12.3. The summed E-state index contributed by atoms with van der Waals surface area (Å²) in [6, 6.07) is 5.46. The molecule has 1 fully saturated rings. The van der Waals surface area contributed by atoms with E-state index < -0.39 is 0 Å². The van der Waals surface area contributed by atoms with E-state index in [4.69, 9.17) is 22.1 Å². The van der Waals surface area contributed by atoms with E-state index in [9.17, 15) is 9.59 Å². The third-order valence-electron chi connectivity index (χ3n) is 4.36. The number of hydrogen-bond donors (Lipinski definition) is 1. The molecule has 2 N–H and O–H groups in total. The molecule has 1 saturated heterocycles. The molecular formula is C18H19ClN2O3. The number of carbonyl (C=O) groups is 2. The Hall–Kier alpha value is -2.27. The van der Waals surface area contributed by atoms with Gasteiger partial charge < -0.3 is 15.4 Å². The van der Waals surface area contributed by atoms with Gasteiger partial charge in [0.25, 0.3) is 0 Å². The smallest absolute Gasteiger partial charge is 0.246 e. The topological polar surface area (TPSA) is 72.6 Å². The number of benzene rings is 1. The van der Waals surface area contributed by atoms with Crippen LogP contribution in [0, 0.1) is 5.92 Å². The molecule has 1 aromatic rings. The maximum atomic E-state index is 12.3. The molecule has 126 valence electrons. The van der Waals surface area contributed by atoms with Crippen molar-refractivity contribution in [2.24, 2.45) is 11.7 Å². The molecule has 0 unspecified atom stereocenters. The van der Waals surface area contributed by atoms with Gasteiger partial charge >= 0.3 is 0 Å². The van der Waals surface area contributed by atoms with Crippen molar-refractivity contribution in [2.75, 3.05) is 19.7 Å². The van der Waals surface area contributed by atoms with Gasteiger partial charge in [0, 0.05) is 35.7 Å². The van der Waals surface area contributed by atoms with Gasteiger partial charge in [-0.05, 0) is 42.7 Å². The quantitative estimate of drug-likeness (QED) is 0.854. The monoisotopic (exact) mass is 346 g/mol. The molecule has 2 amide bonds. The molecule has 2 heterocycles. The van der Waals surface area contributed by atoms with Gasteiger partial charge in [-0.2, -0.15) is 0 Å². The average Bonchev–Trinajstić information content (AvgIpc) is 2.59. The van der Waals surface area contributed by atoms with Gasteiger partial charge in [0.15, 0.2) is 0 Å². The van der Waals surface area contributed by atoms with Crippen LogP contribution < -0.4 is 10.5 Å². The van der Waals surface area contributed by atoms with Gasteiger partial charge in [-0.3, -0.25) is 9.59 Å². The van der Waals surface area contributed by atoms with Crippen molar-refractivity contribution in [1.82, 2.24) is 4.90 Å². The van der Waals surface area contributed by atoms with Crippen molar-refractivity contribution in [3.63, 3.8) is 0 Å². The fourth-order valence-electron chi connectivity index (χ4n) is 2.93. The number of primary amides is 1. The SMILES string of the molecule is NC(=O)C1CCN(C(=O)/C=C\C2=Cc3cc(Cl)ccc3OC2)CC1. The molecule has 0 bridgehead atoms. The number of ether oxygens (including phenoxy) is 1. The first-order chi connectivity index (χ1) is 11.5. The zero-order valence-corrected chi connectivity index (χ0v) is 14.0. The lowest BCUT2D eigenvalue weighted by molar-refractivity contribution is -0.130. The summed E-state index contributed by atoms with van der Waals surface area (Å²) >= 11 is 5.99. The van der Waals surface area contributed by atoms with Crippen molar-refractivity contribution >= 4 is 29.5 Å². The first-order valence-corrected chi connectivity index (χ1v) is 8.30. The predicted molar refractivity (Wildman–Crippen MR) is 92.6 cm³/mol.